The summed E-state index contributed by atoms with van der Waals surface area (Å²) < 4.78 is 0. The van der Waals surface area contributed by atoms with Gasteiger partial charge in [0.05, 0.1) is 0 Å². The molecule has 100 valence electrons. The Kier molecular flexibility index (Phi) is 6.37. The fourth-order valence-corrected chi connectivity index (χ4v) is 2.01. The Labute approximate surface area is 115 Å². The number of halogens is 1. The highest BCUT2D eigenvalue weighted by atomic mass is 35.5. The molecule has 0 fully saturated rings. The van der Waals surface area contributed by atoms with E-state index >= 15 is 0 Å². The van der Waals surface area contributed by atoms with Gasteiger partial charge in [-0.05, 0) is 37.5 Å². The van der Waals surface area contributed by atoms with E-state index < -0.39 is 0 Å². The Morgan fingerprint density at radius 3 is 2.39 bits per heavy atom. The highest BCUT2D eigenvalue weighted by Gasteiger charge is 2.13. The molecule has 0 aliphatic carbocycles. The van der Waals surface area contributed by atoms with Gasteiger partial charge in [-0.1, -0.05) is 37.1 Å². The zero-order valence-electron chi connectivity index (χ0n) is 11.2. The molecule has 0 saturated carbocycles. The van der Waals surface area contributed by atoms with Crippen LogP contribution in [0.2, 0.25) is 5.02 Å². The Bertz CT molecular complexity index is 373. The Balaban J connectivity index is 2.37. The Morgan fingerprint density at radius 2 is 1.83 bits per heavy atom. The fourth-order valence-electron chi connectivity index (χ4n) is 1.88. The SMILES string of the molecule is CC(N)CCCC(C)C(=O)Cc1ccc(Cl)cc1. The van der Waals surface area contributed by atoms with Crippen molar-refractivity contribution in [2.24, 2.45) is 11.7 Å². The van der Waals surface area contributed by atoms with Crippen molar-refractivity contribution in [2.45, 2.75) is 45.6 Å². The van der Waals surface area contributed by atoms with Gasteiger partial charge in [0.2, 0.25) is 0 Å². The van der Waals surface area contributed by atoms with Crippen LogP contribution < -0.4 is 5.73 Å². The average Bonchev–Trinajstić information content (AvgIpc) is 2.31. The van der Waals surface area contributed by atoms with Crippen molar-refractivity contribution >= 4 is 17.4 Å². The highest BCUT2D eigenvalue weighted by Crippen LogP contribution is 2.15. The second-order valence-corrected chi connectivity index (χ2v) is 5.52. The largest absolute Gasteiger partial charge is 0.328 e. The number of Topliss-reactive ketones (excluding diaryl/α,β-unsaturated/α-hetero) is 1. The second-order valence-electron chi connectivity index (χ2n) is 5.08. The molecule has 0 bridgehead atoms. The minimum absolute atomic E-state index is 0.111. The van der Waals surface area contributed by atoms with Gasteiger partial charge >= 0.3 is 0 Å². The van der Waals surface area contributed by atoms with Crippen molar-refractivity contribution in [3.63, 3.8) is 0 Å². The third-order valence-corrected chi connectivity index (χ3v) is 3.39. The number of carbonyl (C=O) groups excluding carboxylic acids is 1. The van der Waals surface area contributed by atoms with E-state index in [2.05, 4.69) is 0 Å². The molecule has 2 atom stereocenters. The first kappa shape index (κ1) is 15.2. The molecule has 1 rings (SSSR count). The monoisotopic (exact) mass is 267 g/mol. The molecular formula is C15H22ClNO. The van der Waals surface area contributed by atoms with Gasteiger partial charge in [0.15, 0.2) is 0 Å². The molecule has 3 heteroatoms. The van der Waals surface area contributed by atoms with Crippen LogP contribution in [0.1, 0.15) is 38.7 Å². The first-order chi connectivity index (χ1) is 8.49. The van der Waals surface area contributed by atoms with E-state index in [0.29, 0.717) is 17.2 Å². The minimum atomic E-state index is 0.111. The van der Waals surface area contributed by atoms with Gasteiger partial charge in [-0.3, -0.25) is 4.79 Å². The number of hydrogen-bond acceptors (Lipinski definition) is 2. The van der Waals surface area contributed by atoms with E-state index in [4.69, 9.17) is 17.3 Å². The summed E-state index contributed by atoms with van der Waals surface area (Å²) in [5.74, 6) is 0.404. The predicted octanol–water partition coefficient (Wildman–Crippen LogP) is 3.61. The van der Waals surface area contributed by atoms with Crippen molar-refractivity contribution < 1.29 is 4.79 Å². The summed E-state index contributed by atoms with van der Waals surface area (Å²) in [7, 11) is 0. The fraction of sp³-hybridized carbons (Fsp3) is 0.533. The van der Waals surface area contributed by atoms with Crippen LogP contribution in [0.15, 0.2) is 24.3 Å². The van der Waals surface area contributed by atoms with E-state index in [9.17, 15) is 4.79 Å². The number of rotatable bonds is 7. The van der Waals surface area contributed by atoms with E-state index in [1.165, 1.54) is 0 Å². The van der Waals surface area contributed by atoms with Gasteiger partial charge in [-0.25, -0.2) is 0 Å². The van der Waals surface area contributed by atoms with Gasteiger partial charge in [0.25, 0.3) is 0 Å². The van der Waals surface area contributed by atoms with Crippen LogP contribution in [-0.4, -0.2) is 11.8 Å². The smallest absolute Gasteiger partial charge is 0.140 e. The molecule has 1 aromatic rings. The molecular weight excluding hydrogens is 246 g/mol. The van der Waals surface area contributed by atoms with Crippen molar-refractivity contribution in [1.82, 2.24) is 0 Å². The summed E-state index contributed by atoms with van der Waals surface area (Å²) >= 11 is 5.81. The van der Waals surface area contributed by atoms with Gasteiger partial charge in [-0.2, -0.15) is 0 Å². The second kappa shape index (κ2) is 7.55. The summed E-state index contributed by atoms with van der Waals surface area (Å²) in [5.41, 5.74) is 6.73. The van der Waals surface area contributed by atoms with Gasteiger partial charge in [0.1, 0.15) is 5.78 Å². The summed E-state index contributed by atoms with van der Waals surface area (Å²) in [6, 6.07) is 7.70. The molecule has 0 heterocycles. The first-order valence-corrected chi connectivity index (χ1v) is 6.89. The molecule has 2 N–H and O–H groups in total. The molecule has 2 unspecified atom stereocenters. The molecule has 0 saturated heterocycles. The molecule has 1 aromatic carbocycles. The summed E-state index contributed by atoms with van der Waals surface area (Å²) in [5, 5.41) is 0.705. The molecule has 0 amide bonds. The lowest BCUT2D eigenvalue weighted by atomic mass is 9.94. The van der Waals surface area contributed by atoms with E-state index in [1.54, 1.807) is 0 Å². The predicted molar refractivity (Wildman–Crippen MR) is 76.8 cm³/mol. The first-order valence-electron chi connectivity index (χ1n) is 6.51. The lowest BCUT2D eigenvalue weighted by Gasteiger charge is -2.11. The van der Waals surface area contributed by atoms with Crippen LogP contribution >= 0.6 is 11.6 Å². The van der Waals surface area contributed by atoms with Crippen LogP contribution in [0, 0.1) is 5.92 Å². The van der Waals surface area contributed by atoms with Crippen LogP contribution in [0.25, 0.3) is 0 Å². The zero-order valence-corrected chi connectivity index (χ0v) is 11.9. The third kappa shape index (κ3) is 5.65. The maximum Gasteiger partial charge on any atom is 0.140 e. The van der Waals surface area contributed by atoms with Crippen LogP contribution in [0.3, 0.4) is 0 Å². The third-order valence-electron chi connectivity index (χ3n) is 3.14. The molecule has 0 aromatic heterocycles. The maximum atomic E-state index is 12.0. The lowest BCUT2D eigenvalue weighted by molar-refractivity contribution is -0.121. The van der Waals surface area contributed by atoms with E-state index in [0.717, 1.165) is 24.8 Å². The normalized spacial score (nSPS) is 14.2. The maximum absolute atomic E-state index is 12.0. The topological polar surface area (TPSA) is 43.1 Å². The lowest BCUT2D eigenvalue weighted by Crippen LogP contribution is -2.17. The number of nitrogens with two attached hydrogens (primary N) is 1. The van der Waals surface area contributed by atoms with Gasteiger partial charge in [0, 0.05) is 23.4 Å². The summed E-state index contributed by atoms with van der Waals surface area (Å²) in [4.78, 5) is 12.0. The molecule has 18 heavy (non-hydrogen) atoms. The Hall–Kier alpha value is -0.860. The van der Waals surface area contributed by atoms with Crippen molar-refractivity contribution in [1.29, 1.82) is 0 Å². The van der Waals surface area contributed by atoms with Crippen molar-refractivity contribution in [3.05, 3.63) is 34.9 Å². The van der Waals surface area contributed by atoms with Crippen molar-refractivity contribution in [2.75, 3.05) is 0 Å². The van der Waals surface area contributed by atoms with Crippen LogP contribution in [-0.2, 0) is 11.2 Å². The van der Waals surface area contributed by atoms with Crippen molar-refractivity contribution in [3.8, 4) is 0 Å². The zero-order chi connectivity index (χ0) is 13.5. The highest BCUT2D eigenvalue weighted by molar-refractivity contribution is 6.30. The number of carbonyl (C=O) groups is 1. The molecule has 0 aliphatic rings. The van der Waals surface area contributed by atoms with Gasteiger partial charge in [-0.15, -0.1) is 0 Å². The number of benzene rings is 1. The summed E-state index contributed by atoms with van der Waals surface area (Å²) in [6.45, 7) is 4.00. The molecule has 2 nitrogen and oxygen atoms in total. The minimum Gasteiger partial charge on any atom is -0.328 e. The average molecular weight is 268 g/mol. The van der Waals surface area contributed by atoms with Crippen LogP contribution in [0.4, 0.5) is 0 Å². The van der Waals surface area contributed by atoms with Crippen LogP contribution in [0.5, 0.6) is 0 Å². The molecule has 0 radical (unpaired) electrons. The summed E-state index contributed by atoms with van der Waals surface area (Å²) in [6.07, 6.45) is 3.42. The molecule has 0 spiro atoms. The molecule has 0 aliphatic heterocycles. The van der Waals surface area contributed by atoms with Gasteiger partial charge < -0.3 is 5.73 Å². The Morgan fingerprint density at radius 1 is 1.22 bits per heavy atom. The number of ketones is 1. The quantitative estimate of drug-likeness (QED) is 0.820. The number of hydrogen-bond donors (Lipinski definition) is 1. The standard InChI is InChI=1S/C15H22ClNO/c1-11(4-3-5-12(2)17)15(18)10-13-6-8-14(16)9-7-13/h6-9,11-12H,3-5,10,17H2,1-2H3. The van der Waals surface area contributed by atoms with E-state index in [1.807, 2.05) is 38.1 Å². The van der Waals surface area contributed by atoms with E-state index in [-0.39, 0.29) is 12.0 Å².